The Morgan fingerprint density at radius 2 is 2.14 bits per heavy atom. The molecule has 114 valence electrons. The number of non-ortho nitro benzene ring substituents is 1. The number of rotatable bonds is 4. The molecule has 1 saturated heterocycles. The number of nitrogens with zero attached hydrogens (tertiary/aromatic N) is 2. The second-order valence-corrected chi connectivity index (χ2v) is 5.46. The molecule has 0 spiro atoms. The first-order valence-electron chi connectivity index (χ1n) is 6.75. The van der Waals surface area contributed by atoms with Crippen LogP contribution in [0.5, 0.6) is 5.75 Å². The van der Waals surface area contributed by atoms with Crippen LogP contribution in [0.3, 0.4) is 0 Å². The van der Waals surface area contributed by atoms with Crippen LogP contribution in [0.15, 0.2) is 24.3 Å². The molecule has 2 rings (SSSR count). The van der Waals surface area contributed by atoms with Crippen LogP contribution in [0.2, 0.25) is 0 Å². The SMILES string of the molecule is CC1(O)CCCN(C(=O)COc2ccc([N+](=O)[O-])cc2)C1. The summed E-state index contributed by atoms with van der Waals surface area (Å²) >= 11 is 0. The maximum atomic E-state index is 12.0. The van der Waals surface area contributed by atoms with Crippen LogP contribution < -0.4 is 4.74 Å². The minimum Gasteiger partial charge on any atom is -0.484 e. The lowest BCUT2D eigenvalue weighted by Crippen LogP contribution is -2.49. The van der Waals surface area contributed by atoms with Crippen molar-refractivity contribution in [1.29, 1.82) is 0 Å². The first-order valence-corrected chi connectivity index (χ1v) is 6.75. The first kappa shape index (κ1) is 15.2. The van der Waals surface area contributed by atoms with Crippen molar-refractivity contribution in [2.24, 2.45) is 0 Å². The number of ether oxygens (including phenoxy) is 1. The molecule has 0 aliphatic carbocycles. The summed E-state index contributed by atoms with van der Waals surface area (Å²) in [7, 11) is 0. The zero-order chi connectivity index (χ0) is 15.5. The van der Waals surface area contributed by atoms with Crippen LogP contribution in [0.25, 0.3) is 0 Å². The van der Waals surface area contributed by atoms with Crippen LogP contribution in [0, 0.1) is 10.1 Å². The monoisotopic (exact) mass is 294 g/mol. The van der Waals surface area contributed by atoms with Crippen molar-refractivity contribution in [3.8, 4) is 5.75 Å². The van der Waals surface area contributed by atoms with E-state index in [1.807, 2.05) is 0 Å². The van der Waals surface area contributed by atoms with Gasteiger partial charge >= 0.3 is 0 Å². The van der Waals surface area contributed by atoms with Crippen molar-refractivity contribution >= 4 is 11.6 Å². The van der Waals surface area contributed by atoms with E-state index in [4.69, 9.17) is 4.74 Å². The van der Waals surface area contributed by atoms with Crippen molar-refractivity contribution in [2.45, 2.75) is 25.4 Å². The Labute approximate surface area is 122 Å². The summed E-state index contributed by atoms with van der Waals surface area (Å²) in [6.07, 6.45) is 1.44. The fourth-order valence-corrected chi connectivity index (χ4v) is 2.33. The molecule has 1 aliphatic heterocycles. The number of benzene rings is 1. The summed E-state index contributed by atoms with van der Waals surface area (Å²) in [6, 6.07) is 5.56. The van der Waals surface area contributed by atoms with Gasteiger partial charge in [-0.25, -0.2) is 0 Å². The summed E-state index contributed by atoms with van der Waals surface area (Å²) in [5, 5.41) is 20.5. The van der Waals surface area contributed by atoms with E-state index >= 15 is 0 Å². The van der Waals surface area contributed by atoms with Gasteiger partial charge in [-0.2, -0.15) is 0 Å². The van der Waals surface area contributed by atoms with Crippen molar-refractivity contribution in [3.05, 3.63) is 34.4 Å². The molecule has 1 atom stereocenters. The second-order valence-electron chi connectivity index (χ2n) is 5.46. The summed E-state index contributed by atoms with van der Waals surface area (Å²) < 4.78 is 5.33. The number of likely N-dealkylation sites (tertiary alicyclic amines) is 1. The molecule has 1 amide bonds. The van der Waals surface area contributed by atoms with Gasteiger partial charge in [-0.1, -0.05) is 0 Å². The highest BCUT2D eigenvalue weighted by molar-refractivity contribution is 5.78. The van der Waals surface area contributed by atoms with Gasteiger partial charge in [0.1, 0.15) is 5.75 Å². The third-order valence-electron chi connectivity index (χ3n) is 3.44. The molecule has 21 heavy (non-hydrogen) atoms. The molecule has 1 heterocycles. The number of piperidine rings is 1. The van der Waals surface area contributed by atoms with Gasteiger partial charge in [0, 0.05) is 25.2 Å². The number of carbonyl (C=O) groups excluding carboxylic acids is 1. The molecule has 7 heteroatoms. The predicted octanol–water partition coefficient (Wildman–Crippen LogP) is 1.35. The Morgan fingerprint density at radius 3 is 2.71 bits per heavy atom. The molecule has 1 N–H and O–H groups in total. The Kier molecular flexibility index (Phi) is 4.42. The minimum absolute atomic E-state index is 0.0271. The second kappa shape index (κ2) is 6.09. The van der Waals surface area contributed by atoms with Gasteiger partial charge < -0.3 is 14.7 Å². The van der Waals surface area contributed by atoms with Crippen LogP contribution >= 0.6 is 0 Å². The smallest absolute Gasteiger partial charge is 0.269 e. The molecular weight excluding hydrogens is 276 g/mol. The number of nitro groups is 1. The summed E-state index contributed by atoms with van der Waals surface area (Å²) in [5.41, 5.74) is -0.873. The molecule has 0 saturated carbocycles. The fraction of sp³-hybridized carbons (Fsp3) is 0.500. The molecule has 1 unspecified atom stereocenters. The normalized spacial score (nSPS) is 21.9. The molecule has 1 fully saturated rings. The van der Waals surface area contributed by atoms with Gasteiger partial charge in [0.25, 0.3) is 11.6 Å². The maximum Gasteiger partial charge on any atom is 0.269 e. The highest BCUT2D eigenvalue weighted by Crippen LogP contribution is 2.21. The van der Waals surface area contributed by atoms with E-state index in [2.05, 4.69) is 0 Å². The predicted molar refractivity (Wildman–Crippen MR) is 75.0 cm³/mol. The molecule has 0 aromatic heterocycles. The maximum absolute atomic E-state index is 12.0. The number of carbonyl (C=O) groups is 1. The number of amides is 1. The summed E-state index contributed by atoms with van der Waals surface area (Å²) in [6.45, 7) is 2.48. The van der Waals surface area contributed by atoms with Crippen molar-refractivity contribution in [2.75, 3.05) is 19.7 Å². The molecule has 0 radical (unpaired) electrons. The van der Waals surface area contributed by atoms with Crippen molar-refractivity contribution in [1.82, 2.24) is 4.90 Å². The molecule has 1 aliphatic rings. The Hall–Kier alpha value is -2.15. The van der Waals surface area contributed by atoms with Gasteiger partial charge in [0.05, 0.1) is 10.5 Å². The topological polar surface area (TPSA) is 92.9 Å². The standard InChI is InChI=1S/C14H18N2O5/c1-14(18)7-2-8-15(10-14)13(17)9-21-12-5-3-11(4-6-12)16(19)20/h3-6,18H,2,7-10H2,1H3. The van der Waals surface area contributed by atoms with E-state index in [0.717, 1.165) is 6.42 Å². The molecule has 1 aromatic carbocycles. The van der Waals surface area contributed by atoms with E-state index < -0.39 is 10.5 Å². The van der Waals surface area contributed by atoms with E-state index in [-0.39, 0.29) is 18.2 Å². The molecule has 7 nitrogen and oxygen atoms in total. The lowest BCUT2D eigenvalue weighted by molar-refractivity contribution is -0.384. The van der Waals surface area contributed by atoms with Crippen molar-refractivity contribution in [3.63, 3.8) is 0 Å². The first-order chi connectivity index (χ1) is 9.87. The summed E-state index contributed by atoms with van der Waals surface area (Å²) in [4.78, 5) is 23.6. The van der Waals surface area contributed by atoms with Crippen LogP contribution in [0.4, 0.5) is 5.69 Å². The van der Waals surface area contributed by atoms with E-state index in [9.17, 15) is 20.0 Å². The highest BCUT2D eigenvalue weighted by Gasteiger charge is 2.30. The van der Waals surface area contributed by atoms with Gasteiger partial charge in [-0.05, 0) is 31.9 Å². The third-order valence-corrected chi connectivity index (χ3v) is 3.44. The van der Waals surface area contributed by atoms with E-state index in [0.29, 0.717) is 25.3 Å². The third kappa shape index (κ3) is 4.16. The minimum atomic E-state index is -0.846. The number of aliphatic hydroxyl groups is 1. The van der Waals surface area contributed by atoms with E-state index in [1.54, 1.807) is 11.8 Å². The largest absolute Gasteiger partial charge is 0.484 e. The fourth-order valence-electron chi connectivity index (χ4n) is 2.33. The average molecular weight is 294 g/mol. The molecule has 0 bridgehead atoms. The summed E-state index contributed by atoms with van der Waals surface area (Å²) in [5.74, 6) is 0.200. The lowest BCUT2D eigenvalue weighted by atomic mass is 9.95. The van der Waals surface area contributed by atoms with Gasteiger partial charge in [-0.15, -0.1) is 0 Å². The Bertz CT molecular complexity index is 527. The Balaban J connectivity index is 1.87. The van der Waals surface area contributed by atoms with Crippen LogP contribution in [0.1, 0.15) is 19.8 Å². The molecular formula is C14H18N2O5. The van der Waals surface area contributed by atoms with Gasteiger partial charge in [0.15, 0.2) is 6.61 Å². The quantitative estimate of drug-likeness (QED) is 0.668. The van der Waals surface area contributed by atoms with Crippen molar-refractivity contribution < 1.29 is 19.6 Å². The van der Waals surface area contributed by atoms with Crippen LogP contribution in [-0.2, 0) is 4.79 Å². The average Bonchev–Trinajstić information content (AvgIpc) is 2.44. The molecule has 1 aromatic rings. The number of hydrogen-bond donors (Lipinski definition) is 1. The van der Waals surface area contributed by atoms with Gasteiger partial charge in [-0.3, -0.25) is 14.9 Å². The highest BCUT2D eigenvalue weighted by atomic mass is 16.6. The van der Waals surface area contributed by atoms with E-state index in [1.165, 1.54) is 24.3 Å². The Morgan fingerprint density at radius 1 is 1.48 bits per heavy atom. The number of hydrogen-bond acceptors (Lipinski definition) is 5. The number of nitro benzene ring substituents is 1. The van der Waals surface area contributed by atoms with Gasteiger partial charge in [0.2, 0.25) is 0 Å². The number of β-amino-alcohol motifs (C(OH)–C–C–N with tert-alkyl or cyclic N) is 1. The zero-order valence-electron chi connectivity index (χ0n) is 11.8. The zero-order valence-corrected chi connectivity index (χ0v) is 11.8. The van der Waals surface area contributed by atoms with Crippen LogP contribution in [-0.4, -0.2) is 46.1 Å². The lowest BCUT2D eigenvalue weighted by Gasteiger charge is -2.36.